The Labute approximate surface area is 157 Å². The van der Waals surface area contributed by atoms with E-state index in [9.17, 15) is 8.42 Å². The molecule has 1 saturated heterocycles. The van der Waals surface area contributed by atoms with Crippen molar-refractivity contribution in [1.82, 2.24) is 14.2 Å². The molecule has 1 aromatic carbocycles. The van der Waals surface area contributed by atoms with Gasteiger partial charge in [0, 0.05) is 37.4 Å². The van der Waals surface area contributed by atoms with Crippen molar-refractivity contribution in [3.05, 3.63) is 46.6 Å². The molecular formula is C16H18Cl2N4O2S. The molecule has 1 aliphatic heterocycles. The van der Waals surface area contributed by atoms with Gasteiger partial charge in [-0.25, -0.2) is 13.4 Å². The molecule has 6 nitrogen and oxygen atoms in total. The zero-order valence-electron chi connectivity index (χ0n) is 13.6. The van der Waals surface area contributed by atoms with Gasteiger partial charge in [-0.15, -0.1) is 0 Å². The molecule has 3 rings (SSSR count). The van der Waals surface area contributed by atoms with Crippen LogP contribution in [-0.4, -0.2) is 55.8 Å². The second kappa shape index (κ2) is 7.47. The van der Waals surface area contributed by atoms with Crippen LogP contribution in [0.2, 0.25) is 10.0 Å². The Bertz CT molecular complexity index is 851. The van der Waals surface area contributed by atoms with Crippen molar-refractivity contribution in [3.8, 4) is 0 Å². The van der Waals surface area contributed by atoms with Crippen LogP contribution in [0.4, 0.5) is 11.5 Å². The smallest absolute Gasteiger partial charge is 0.244 e. The number of hydrogen-bond acceptors (Lipinski definition) is 5. The van der Waals surface area contributed by atoms with E-state index in [1.807, 2.05) is 7.05 Å². The average molecular weight is 401 g/mol. The van der Waals surface area contributed by atoms with Gasteiger partial charge in [0.2, 0.25) is 10.0 Å². The Kier molecular flexibility index (Phi) is 5.50. The molecule has 134 valence electrons. The molecule has 1 aromatic heterocycles. The fraction of sp³-hybridized carbons (Fsp3) is 0.312. The standard InChI is InChI=1S/C16H18Cl2N4O2S/c1-21-6-8-22(9-7-21)25(23,24)13-3-5-16(19-11-13)20-15-10-12(17)2-4-14(15)18/h2-5,10-11H,6-9H2,1H3,(H,19,20). The van der Waals surface area contributed by atoms with Gasteiger partial charge in [-0.2, -0.15) is 4.31 Å². The first kappa shape index (κ1) is 18.4. The van der Waals surface area contributed by atoms with E-state index in [1.54, 1.807) is 30.3 Å². The summed E-state index contributed by atoms with van der Waals surface area (Å²) >= 11 is 12.1. The molecule has 0 atom stereocenters. The monoisotopic (exact) mass is 400 g/mol. The van der Waals surface area contributed by atoms with Crippen LogP contribution in [0.5, 0.6) is 0 Å². The first-order valence-corrected chi connectivity index (χ1v) is 9.93. The number of benzene rings is 1. The van der Waals surface area contributed by atoms with Crippen molar-refractivity contribution in [2.75, 3.05) is 38.5 Å². The molecule has 9 heteroatoms. The highest BCUT2D eigenvalue weighted by Gasteiger charge is 2.27. The maximum atomic E-state index is 12.7. The van der Waals surface area contributed by atoms with E-state index in [1.165, 1.54) is 10.5 Å². The van der Waals surface area contributed by atoms with E-state index in [2.05, 4.69) is 15.2 Å². The minimum absolute atomic E-state index is 0.180. The molecule has 25 heavy (non-hydrogen) atoms. The highest BCUT2D eigenvalue weighted by molar-refractivity contribution is 7.89. The molecule has 1 fully saturated rings. The Morgan fingerprint density at radius 1 is 1.08 bits per heavy atom. The summed E-state index contributed by atoms with van der Waals surface area (Å²) in [6, 6.07) is 8.20. The number of sulfonamides is 1. The van der Waals surface area contributed by atoms with Crippen molar-refractivity contribution in [3.63, 3.8) is 0 Å². The summed E-state index contributed by atoms with van der Waals surface area (Å²) in [5.41, 5.74) is 0.608. The van der Waals surface area contributed by atoms with Gasteiger partial charge >= 0.3 is 0 Å². The molecule has 0 amide bonds. The molecule has 0 saturated carbocycles. The highest BCUT2D eigenvalue weighted by Crippen LogP contribution is 2.28. The molecule has 0 bridgehead atoms. The van der Waals surface area contributed by atoms with Gasteiger partial charge in [-0.3, -0.25) is 0 Å². The van der Waals surface area contributed by atoms with Crippen molar-refractivity contribution >= 4 is 44.7 Å². The number of likely N-dealkylation sites (N-methyl/N-ethyl adjacent to an activating group) is 1. The molecule has 1 aliphatic rings. The topological polar surface area (TPSA) is 65.5 Å². The molecule has 2 aromatic rings. The highest BCUT2D eigenvalue weighted by atomic mass is 35.5. The summed E-state index contributed by atoms with van der Waals surface area (Å²) in [6.45, 7) is 2.41. The summed E-state index contributed by atoms with van der Waals surface area (Å²) in [7, 11) is -1.54. The fourth-order valence-corrected chi connectivity index (χ4v) is 4.22. The lowest BCUT2D eigenvalue weighted by Gasteiger charge is -2.31. The lowest BCUT2D eigenvalue weighted by Crippen LogP contribution is -2.47. The van der Waals surface area contributed by atoms with Crippen LogP contribution in [0.15, 0.2) is 41.4 Å². The summed E-state index contributed by atoms with van der Waals surface area (Å²) in [6.07, 6.45) is 1.36. The van der Waals surface area contributed by atoms with E-state index in [-0.39, 0.29) is 4.90 Å². The van der Waals surface area contributed by atoms with Crippen LogP contribution < -0.4 is 5.32 Å². The second-order valence-electron chi connectivity index (χ2n) is 5.84. The summed E-state index contributed by atoms with van der Waals surface area (Å²) in [5, 5.41) is 4.08. The quantitative estimate of drug-likeness (QED) is 0.853. The van der Waals surface area contributed by atoms with Crippen molar-refractivity contribution < 1.29 is 8.42 Å². The molecular weight excluding hydrogens is 383 g/mol. The molecule has 0 aliphatic carbocycles. The van der Waals surface area contributed by atoms with Gasteiger partial charge in [-0.1, -0.05) is 23.2 Å². The number of hydrogen-bond donors (Lipinski definition) is 1. The fourth-order valence-electron chi connectivity index (χ4n) is 2.52. The van der Waals surface area contributed by atoms with Crippen molar-refractivity contribution in [2.45, 2.75) is 4.90 Å². The minimum Gasteiger partial charge on any atom is -0.339 e. The lowest BCUT2D eigenvalue weighted by atomic mass is 10.3. The van der Waals surface area contributed by atoms with Crippen molar-refractivity contribution in [1.29, 1.82) is 0 Å². The molecule has 0 unspecified atom stereocenters. The summed E-state index contributed by atoms with van der Waals surface area (Å²) in [4.78, 5) is 6.48. The summed E-state index contributed by atoms with van der Waals surface area (Å²) in [5.74, 6) is 0.487. The van der Waals surface area contributed by atoms with E-state index >= 15 is 0 Å². The van der Waals surface area contributed by atoms with Crippen LogP contribution in [0.1, 0.15) is 0 Å². The predicted octanol–water partition coefficient (Wildman–Crippen LogP) is 3.07. The zero-order valence-corrected chi connectivity index (χ0v) is 15.9. The molecule has 0 radical (unpaired) electrons. The van der Waals surface area contributed by atoms with E-state index in [0.29, 0.717) is 34.6 Å². The average Bonchev–Trinajstić information content (AvgIpc) is 2.59. The Hall–Kier alpha value is -1.38. The van der Waals surface area contributed by atoms with E-state index in [0.717, 1.165) is 13.1 Å². The number of nitrogens with zero attached hydrogens (tertiary/aromatic N) is 3. The number of halogens is 2. The third-order valence-corrected chi connectivity index (χ3v) is 6.47. The molecule has 1 N–H and O–H groups in total. The Morgan fingerprint density at radius 3 is 2.44 bits per heavy atom. The van der Waals surface area contributed by atoms with E-state index in [4.69, 9.17) is 23.2 Å². The number of anilines is 2. The molecule has 0 spiro atoms. The van der Waals surface area contributed by atoms with E-state index < -0.39 is 10.0 Å². The van der Waals surface area contributed by atoms with Crippen LogP contribution in [-0.2, 0) is 10.0 Å². The Morgan fingerprint density at radius 2 is 1.80 bits per heavy atom. The predicted molar refractivity (Wildman–Crippen MR) is 100 cm³/mol. The van der Waals surface area contributed by atoms with Crippen LogP contribution in [0, 0.1) is 0 Å². The van der Waals surface area contributed by atoms with Gasteiger partial charge in [0.05, 0.1) is 10.7 Å². The van der Waals surface area contributed by atoms with Crippen LogP contribution in [0.3, 0.4) is 0 Å². The summed E-state index contributed by atoms with van der Waals surface area (Å²) < 4.78 is 26.8. The minimum atomic E-state index is -3.52. The largest absolute Gasteiger partial charge is 0.339 e. The number of rotatable bonds is 4. The third kappa shape index (κ3) is 4.24. The lowest BCUT2D eigenvalue weighted by molar-refractivity contribution is 0.222. The van der Waals surface area contributed by atoms with Gasteiger partial charge in [0.1, 0.15) is 10.7 Å². The Balaban J connectivity index is 1.76. The number of aromatic nitrogens is 1. The van der Waals surface area contributed by atoms with Crippen molar-refractivity contribution in [2.24, 2.45) is 0 Å². The normalized spacial score (nSPS) is 16.8. The zero-order chi connectivity index (χ0) is 18.0. The second-order valence-corrected chi connectivity index (χ2v) is 8.62. The van der Waals surface area contributed by atoms with Crippen LogP contribution in [0.25, 0.3) is 0 Å². The first-order valence-electron chi connectivity index (χ1n) is 7.73. The third-order valence-electron chi connectivity index (χ3n) is 4.03. The first-order chi connectivity index (χ1) is 11.9. The van der Waals surface area contributed by atoms with Crippen LogP contribution >= 0.6 is 23.2 Å². The maximum Gasteiger partial charge on any atom is 0.244 e. The number of piperazine rings is 1. The number of pyridine rings is 1. The number of nitrogens with one attached hydrogen (secondary N) is 1. The van der Waals surface area contributed by atoms with Gasteiger partial charge < -0.3 is 10.2 Å². The van der Waals surface area contributed by atoms with Gasteiger partial charge in [0.25, 0.3) is 0 Å². The molecule has 2 heterocycles. The SMILES string of the molecule is CN1CCN(S(=O)(=O)c2ccc(Nc3cc(Cl)ccc3Cl)nc2)CC1. The van der Waals surface area contributed by atoms with Gasteiger partial charge in [0.15, 0.2) is 0 Å². The van der Waals surface area contributed by atoms with Gasteiger partial charge in [-0.05, 0) is 37.4 Å². The maximum absolute atomic E-state index is 12.7.